The Kier molecular flexibility index (Phi) is 4.54. The van der Waals surface area contributed by atoms with Gasteiger partial charge in [-0.2, -0.15) is 0 Å². The lowest BCUT2D eigenvalue weighted by molar-refractivity contribution is -0.130. The molecule has 15 heavy (non-hydrogen) atoms. The zero-order valence-electron chi connectivity index (χ0n) is 9.86. The second-order valence-electron chi connectivity index (χ2n) is 4.49. The number of nitrogens with zero attached hydrogens (tertiary/aromatic N) is 1. The van der Waals surface area contributed by atoms with E-state index >= 15 is 0 Å². The smallest absolute Gasteiger partial charge is 0.239 e. The Morgan fingerprint density at radius 2 is 2.27 bits per heavy atom. The quantitative estimate of drug-likeness (QED) is 0.688. The number of hydrogen-bond donors (Lipinski definition) is 2. The van der Waals surface area contributed by atoms with Crippen LogP contribution in [0.15, 0.2) is 0 Å². The number of carbonyl (C=O) groups is 1. The van der Waals surface area contributed by atoms with Gasteiger partial charge < -0.3 is 15.3 Å². The monoisotopic (exact) mass is 214 g/mol. The first-order valence-electron chi connectivity index (χ1n) is 5.76. The molecule has 0 aromatic carbocycles. The van der Waals surface area contributed by atoms with E-state index in [0.717, 1.165) is 19.5 Å². The molecule has 0 aromatic heterocycles. The standard InChI is InChI=1S/C11H22N2O2/c1-4-12-9-5-6-13(11(9)15)7-10(14)8(2)3/h8-10,12,14H,4-7H2,1-3H3. The zero-order valence-corrected chi connectivity index (χ0v) is 9.86. The molecule has 4 nitrogen and oxygen atoms in total. The lowest BCUT2D eigenvalue weighted by Crippen LogP contribution is -2.41. The highest BCUT2D eigenvalue weighted by atomic mass is 16.3. The number of nitrogens with one attached hydrogen (secondary N) is 1. The highest BCUT2D eigenvalue weighted by Gasteiger charge is 2.32. The van der Waals surface area contributed by atoms with Crippen molar-refractivity contribution < 1.29 is 9.90 Å². The second kappa shape index (κ2) is 5.47. The third-order valence-electron chi connectivity index (χ3n) is 2.92. The molecule has 0 spiro atoms. The maximum Gasteiger partial charge on any atom is 0.239 e. The molecular weight excluding hydrogens is 192 g/mol. The summed E-state index contributed by atoms with van der Waals surface area (Å²) in [6.45, 7) is 7.98. The van der Waals surface area contributed by atoms with Gasteiger partial charge in [-0.25, -0.2) is 0 Å². The molecule has 1 aliphatic rings. The molecular formula is C11H22N2O2. The Bertz CT molecular complexity index is 219. The molecule has 2 unspecified atom stereocenters. The number of likely N-dealkylation sites (N-methyl/N-ethyl adjacent to an activating group) is 1. The maximum atomic E-state index is 11.8. The molecule has 1 heterocycles. The van der Waals surface area contributed by atoms with Gasteiger partial charge in [-0.3, -0.25) is 4.79 Å². The van der Waals surface area contributed by atoms with Crippen LogP contribution in [0.2, 0.25) is 0 Å². The molecule has 2 N–H and O–H groups in total. The van der Waals surface area contributed by atoms with Crippen molar-refractivity contribution in [1.29, 1.82) is 0 Å². The lowest BCUT2D eigenvalue weighted by Gasteiger charge is -2.22. The van der Waals surface area contributed by atoms with Crippen molar-refractivity contribution in [1.82, 2.24) is 10.2 Å². The highest BCUT2D eigenvalue weighted by molar-refractivity contribution is 5.83. The fourth-order valence-electron chi connectivity index (χ4n) is 1.79. The molecule has 1 fully saturated rings. The van der Waals surface area contributed by atoms with Gasteiger partial charge >= 0.3 is 0 Å². The van der Waals surface area contributed by atoms with Crippen LogP contribution >= 0.6 is 0 Å². The molecule has 0 radical (unpaired) electrons. The number of carbonyl (C=O) groups excluding carboxylic acids is 1. The normalized spacial score (nSPS) is 23.9. The van der Waals surface area contributed by atoms with Gasteiger partial charge in [0.2, 0.25) is 5.91 Å². The summed E-state index contributed by atoms with van der Waals surface area (Å²) in [7, 11) is 0. The minimum atomic E-state index is -0.408. The Labute approximate surface area is 91.6 Å². The average molecular weight is 214 g/mol. The van der Waals surface area contributed by atoms with Crippen LogP contribution in [0.3, 0.4) is 0 Å². The zero-order chi connectivity index (χ0) is 11.4. The van der Waals surface area contributed by atoms with Gasteiger partial charge in [0.05, 0.1) is 12.1 Å². The van der Waals surface area contributed by atoms with Crippen LogP contribution in [-0.4, -0.2) is 47.7 Å². The molecule has 0 aromatic rings. The van der Waals surface area contributed by atoms with E-state index in [9.17, 15) is 9.90 Å². The number of rotatable bonds is 5. The minimum absolute atomic E-state index is 0.0330. The summed E-state index contributed by atoms with van der Waals surface area (Å²) in [5.41, 5.74) is 0. The Morgan fingerprint density at radius 3 is 2.80 bits per heavy atom. The number of aliphatic hydroxyl groups excluding tert-OH is 1. The molecule has 0 aliphatic carbocycles. The number of amides is 1. The van der Waals surface area contributed by atoms with Crippen molar-refractivity contribution in [2.75, 3.05) is 19.6 Å². The van der Waals surface area contributed by atoms with Gasteiger partial charge in [0.25, 0.3) is 0 Å². The van der Waals surface area contributed by atoms with Crippen LogP contribution in [-0.2, 0) is 4.79 Å². The van der Waals surface area contributed by atoms with Crippen molar-refractivity contribution in [2.45, 2.75) is 39.3 Å². The first kappa shape index (κ1) is 12.5. The van der Waals surface area contributed by atoms with Crippen LogP contribution in [0.4, 0.5) is 0 Å². The molecule has 4 heteroatoms. The van der Waals surface area contributed by atoms with Crippen LogP contribution in [0.25, 0.3) is 0 Å². The highest BCUT2D eigenvalue weighted by Crippen LogP contribution is 2.13. The Hall–Kier alpha value is -0.610. The first-order chi connectivity index (χ1) is 7.06. The molecule has 1 rings (SSSR count). The van der Waals surface area contributed by atoms with Crippen LogP contribution in [0.5, 0.6) is 0 Å². The van der Waals surface area contributed by atoms with Crippen LogP contribution in [0.1, 0.15) is 27.2 Å². The molecule has 1 aliphatic heterocycles. The Morgan fingerprint density at radius 1 is 1.60 bits per heavy atom. The van der Waals surface area contributed by atoms with Gasteiger partial charge in [-0.1, -0.05) is 20.8 Å². The second-order valence-corrected chi connectivity index (χ2v) is 4.49. The predicted molar refractivity (Wildman–Crippen MR) is 59.5 cm³/mol. The summed E-state index contributed by atoms with van der Waals surface area (Å²) in [6.07, 6.45) is 0.451. The largest absolute Gasteiger partial charge is 0.391 e. The molecule has 0 bridgehead atoms. The predicted octanol–water partition coefficient (Wildman–Crippen LogP) is 0.214. The average Bonchev–Trinajstić information content (AvgIpc) is 2.50. The Balaban J connectivity index is 2.42. The summed E-state index contributed by atoms with van der Waals surface area (Å²) >= 11 is 0. The number of hydrogen-bond acceptors (Lipinski definition) is 3. The van der Waals surface area contributed by atoms with Gasteiger partial charge in [0.1, 0.15) is 0 Å². The molecule has 1 amide bonds. The minimum Gasteiger partial charge on any atom is -0.391 e. The van der Waals surface area contributed by atoms with E-state index in [2.05, 4.69) is 5.32 Å². The summed E-state index contributed by atoms with van der Waals surface area (Å²) in [4.78, 5) is 13.6. The van der Waals surface area contributed by atoms with E-state index in [1.54, 1.807) is 4.90 Å². The molecule has 88 valence electrons. The summed E-state index contributed by atoms with van der Waals surface area (Å²) in [5, 5.41) is 12.9. The number of aliphatic hydroxyl groups is 1. The number of β-amino-alcohol motifs (C(OH)–C–C–N with tert-alkyl or cyclic N) is 1. The van der Waals surface area contributed by atoms with Crippen molar-refractivity contribution in [3.63, 3.8) is 0 Å². The van der Waals surface area contributed by atoms with Gasteiger partial charge in [0.15, 0.2) is 0 Å². The van der Waals surface area contributed by atoms with E-state index in [4.69, 9.17) is 0 Å². The van der Waals surface area contributed by atoms with Gasteiger partial charge in [0, 0.05) is 13.1 Å². The topological polar surface area (TPSA) is 52.6 Å². The van der Waals surface area contributed by atoms with Crippen molar-refractivity contribution in [2.24, 2.45) is 5.92 Å². The summed E-state index contributed by atoms with van der Waals surface area (Å²) < 4.78 is 0. The fourth-order valence-corrected chi connectivity index (χ4v) is 1.79. The lowest BCUT2D eigenvalue weighted by atomic mass is 10.1. The maximum absolute atomic E-state index is 11.8. The van der Waals surface area contributed by atoms with Gasteiger partial charge in [-0.05, 0) is 18.9 Å². The van der Waals surface area contributed by atoms with Crippen LogP contribution in [0, 0.1) is 5.92 Å². The van der Waals surface area contributed by atoms with Gasteiger partial charge in [-0.15, -0.1) is 0 Å². The van der Waals surface area contributed by atoms with Crippen molar-refractivity contribution >= 4 is 5.91 Å². The first-order valence-corrected chi connectivity index (χ1v) is 5.76. The van der Waals surface area contributed by atoms with E-state index < -0.39 is 6.10 Å². The van der Waals surface area contributed by atoms with E-state index in [1.165, 1.54) is 0 Å². The van der Waals surface area contributed by atoms with Crippen molar-refractivity contribution in [3.8, 4) is 0 Å². The fraction of sp³-hybridized carbons (Fsp3) is 0.909. The van der Waals surface area contributed by atoms with E-state index in [-0.39, 0.29) is 17.9 Å². The van der Waals surface area contributed by atoms with Crippen LogP contribution < -0.4 is 5.32 Å². The SMILES string of the molecule is CCNC1CCN(CC(O)C(C)C)C1=O. The third-order valence-corrected chi connectivity index (χ3v) is 2.92. The van der Waals surface area contributed by atoms with E-state index in [1.807, 2.05) is 20.8 Å². The molecule has 1 saturated heterocycles. The number of likely N-dealkylation sites (tertiary alicyclic amines) is 1. The summed E-state index contributed by atoms with van der Waals surface area (Å²) in [6, 6.07) is -0.0330. The third kappa shape index (κ3) is 3.18. The van der Waals surface area contributed by atoms with E-state index in [0.29, 0.717) is 6.54 Å². The summed E-state index contributed by atoms with van der Waals surface area (Å²) in [5.74, 6) is 0.340. The molecule has 0 saturated carbocycles. The molecule has 2 atom stereocenters. The van der Waals surface area contributed by atoms with Crippen molar-refractivity contribution in [3.05, 3.63) is 0 Å².